The second kappa shape index (κ2) is 2.35. The summed E-state index contributed by atoms with van der Waals surface area (Å²) in [6.45, 7) is 1.93. The van der Waals surface area contributed by atoms with E-state index < -0.39 is 0 Å². The Balaban J connectivity index is 2.77. The van der Waals surface area contributed by atoms with E-state index in [0.29, 0.717) is 5.69 Å². The second-order valence-electron chi connectivity index (χ2n) is 2.56. The largest absolute Gasteiger partial charge is 0.303 e. The van der Waals surface area contributed by atoms with Crippen LogP contribution in [0.25, 0.3) is 5.65 Å². The van der Waals surface area contributed by atoms with Crippen LogP contribution in [0, 0.1) is 19.3 Å². The zero-order chi connectivity index (χ0) is 8.55. The van der Waals surface area contributed by atoms with E-state index in [1.54, 1.807) is 6.20 Å². The molecule has 2 rings (SSSR count). The van der Waals surface area contributed by atoms with Crippen LogP contribution < -0.4 is 0 Å². The molecule has 3 nitrogen and oxygen atoms in total. The summed E-state index contributed by atoms with van der Waals surface area (Å²) in [5.74, 6) is 2.48. The first-order valence-corrected chi connectivity index (χ1v) is 3.57. The van der Waals surface area contributed by atoms with Gasteiger partial charge in [-0.25, -0.2) is 4.98 Å². The molecular weight excluding hydrogens is 150 g/mol. The molecule has 0 amide bonds. The molecule has 0 N–H and O–H groups in total. The Morgan fingerprint density at radius 1 is 1.50 bits per heavy atom. The fourth-order valence-corrected chi connectivity index (χ4v) is 1.07. The van der Waals surface area contributed by atoms with Crippen molar-refractivity contribution in [1.82, 2.24) is 14.4 Å². The number of hydrogen-bond donors (Lipinski definition) is 0. The number of nitrogens with zero attached hydrogens (tertiary/aromatic N) is 3. The molecule has 2 aromatic rings. The lowest BCUT2D eigenvalue weighted by Crippen LogP contribution is -1.87. The predicted octanol–water partition coefficient (Wildman–Crippen LogP) is 1.02. The number of fused-ring (bicyclic) bond motifs is 1. The number of terminal acetylenes is 1. The Hall–Kier alpha value is -1.82. The monoisotopic (exact) mass is 157 g/mol. The minimum absolute atomic E-state index is 0.641. The van der Waals surface area contributed by atoms with E-state index in [9.17, 15) is 0 Å². The molecule has 58 valence electrons. The summed E-state index contributed by atoms with van der Waals surface area (Å²) in [4.78, 5) is 8.24. The average molecular weight is 157 g/mol. The maximum Gasteiger partial charge on any atom is 0.156 e. The molecule has 0 aliphatic carbocycles. The molecule has 0 unspecified atom stereocenters. The third kappa shape index (κ3) is 0.940. The van der Waals surface area contributed by atoms with Crippen LogP contribution in [0.4, 0.5) is 0 Å². The quantitative estimate of drug-likeness (QED) is 0.534. The van der Waals surface area contributed by atoms with Crippen LogP contribution in [0.2, 0.25) is 0 Å². The van der Waals surface area contributed by atoms with E-state index in [1.807, 2.05) is 23.7 Å². The highest BCUT2D eigenvalue weighted by atomic mass is 15.0. The lowest BCUT2D eigenvalue weighted by Gasteiger charge is -1.92. The third-order valence-electron chi connectivity index (χ3n) is 1.62. The van der Waals surface area contributed by atoms with Gasteiger partial charge in [0.25, 0.3) is 0 Å². The minimum atomic E-state index is 0.641. The summed E-state index contributed by atoms with van der Waals surface area (Å²) in [5, 5.41) is 0. The van der Waals surface area contributed by atoms with Gasteiger partial charge in [-0.05, 0) is 12.8 Å². The van der Waals surface area contributed by atoms with Crippen molar-refractivity contribution >= 4 is 5.65 Å². The number of aryl methyl sites for hydroxylation is 1. The molecule has 0 aliphatic heterocycles. The van der Waals surface area contributed by atoms with E-state index in [1.165, 1.54) is 0 Å². The maximum absolute atomic E-state index is 5.21. The molecule has 2 heterocycles. The highest BCUT2D eigenvalue weighted by molar-refractivity contribution is 5.41. The van der Waals surface area contributed by atoms with Gasteiger partial charge in [-0.2, -0.15) is 0 Å². The van der Waals surface area contributed by atoms with Crippen molar-refractivity contribution in [3.63, 3.8) is 0 Å². The number of imidazole rings is 1. The van der Waals surface area contributed by atoms with E-state index in [2.05, 4.69) is 15.9 Å². The zero-order valence-electron chi connectivity index (χ0n) is 6.65. The summed E-state index contributed by atoms with van der Waals surface area (Å²) < 4.78 is 1.87. The fraction of sp³-hybridized carbons (Fsp3) is 0.111. The molecule has 0 bridgehead atoms. The summed E-state index contributed by atoms with van der Waals surface area (Å²) >= 11 is 0. The summed E-state index contributed by atoms with van der Waals surface area (Å²) in [5.41, 5.74) is 2.37. The van der Waals surface area contributed by atoms with Gasteiger partial charge in [0.1, 0.15) is 5.69 Å². The predicted molar refractivity (Wildman–Crippen MR) is 45.7 cm³/mol. The molecule has 3 heteroatoms. The normalized spacial score (nSPS) is 10.0. The van der Waals surface area contributed by atoms with Crippen LogP contribution in [0.1, 0.15) is 11.4 Å². The Labute approximate surface area is 70.1 Å². The molecule has 0 saturated carbocycles. The first-order chi connectivity index (χ1) is 5.79. The standard InChI is InChI=1S/C9H7N3/c1-3-8-6-12-5-7(2)10-4-9(12)11-8/h1,4-6H,2H3. The van der Waals surface area contributed by atoms with Gasteiger partial charge in [0.15, 0.2) is 5.65 Å². The summed E-state index contributed by atoms with van der Waals surface area (Å²) in [6, 6.07) is 0. The van der Waals surface area contributed by atoms with E-state index in [4.69, 9.17) is 6.42 Å². The smallest absolute Gasteiger partial charge is 0.156 e. The van der Waals surface area contributed by atoms with E-state index in [0.717, 1.165) is 11.3 Å². The minimum Gasteiger partial charge on any atom is -0.303 e. The topological polar surface area (TPSA) is 30.2 Å². The molecule has 0 spiro atoms. The van der Waals surface area contributed by atoms with Crippen LogP contribution in [0.3, 0.4) is 0 Å². The first kappa shape index (κ1) is 6.86. The molecule has 0 radical (unpaired) electrons. The summed E-state index contributed by atoms with van der Waals surface area (Å²) in [6.07, 6.45) is 10.6. The van der Waals surface area contributed by atoms with Crippen molar-refractivity contribution in [3.8, 4) is 12.3 Å². The maximum atomic E-state index is 5.21. The highest BCUT2D eigenvalue weighted by Crippen LogP contribution is 2.03. The SMILES string of the molecule is C#Cc1cn2cc(C)ncc2n1. The molecule has 0 atom stereocenters. The van der Waals surface area contributed by atoms with Gasteiger partial charge in [-0.15, -0.1) is 6.42 Å². The third-order valence-corrected chi connectivity index (χ3v) is 1.62. The first-order valence-electron chi connectivity index (χ1n) is 3.57. The molecule has 12 heavy (non-hydrogen) atoms. The zero-order valence-corrected chi connectivity index (χ0v) is 6.65. The number of aromatic nitrogens is 3. The molecule has 0 aliphatic rings. The molecule has 0 aromatic carbocycles. The van der Waals surface area contributed by atoms with Gasteiger partial charge in [0.2, 0.25) is 0 Å². The van der Waals surface area contributed by atoms with Crippen LogP contribution in [0.5, 0.6) is 0 Å². The van der Waals surface area contributed by atoms with E-state index in [-0.39, 0.29) is 0 Å². The van der Waals surface area contributed by atoms with Crippen LogP contribution in [0.15, 0.2) is 18.6 Å². The Kier molecular flexibility index (Phi) is 1.34. The molecule has 0 fully saturated rings. The number of rotatable bonds is 0. The van der Waals surface area contributed by atoms with Gasteiger partial charge in [0.05, 0.1) is 11.9 Å². The van der Waals surface area contributed by atoms with Crippen molar-refractivity contribution in [3.05, 3.63) is 30.0 Å². The Morgan fingerprint density at radius 3 is 3.08 bits per heavy atom. The van der Waals surface area contributed by atoms with Gasteiger partial charge >= 0.3 is 0 Å². The highest BCUT2D eigenvalue weighted by Gasteiger charge is 1.97. The van der Waals surface area contributed by atoms with Gasteiger partial charge in [-0.3, -0.25) is 4.98 Å². The van der Waals surface area contributed by atoms with Crippen molar-refractivity contribution in [2.75, 3.05) is 0 Å². The van der Waals surface area contributed by atoms with E-state index >= 15 is 0 Å². The number of hydrogen-bond acceptors (Lipinski definition) is 2. The summed E-state index contributed by atoms with van der Waals surface area (Å²) in [7, 11) is 0. The lowest BCUT2D eigenvalue weighted by molar-refractivity contribution is 1.07. The second-order valence-corrected chi connectivity index (χ2v) is 2.56. The van der Waals surface area contributed by atoms with Crippen molar-refractivity contribution in [1.29, 1.82) is 0 Å². The molecule has 0 saturated heterocycles. The molecule has 2 aromatic heterocycles. The van der Waals surface area contributed by atoms with Gasteiger partial charge < -0.3 is 4.40 Å². The van der Waals surface area contributed by atoms with Gasteiger partial charge in [-0.1, -0.05) is 0 Å². The van der Waals surface area contributed by atoms with Crippen molar-refractivity contribution < 1.29 is 0 Å². The molecular formula is C9H7N3. The fourth-order valence-electron chi connectivity index (χ4n) is 1.07. The van der Waals surface area contributed by atoms with Crippen molar-refractivity contribution in [2.24, 2.45) is 0 Å². The lowest BCUT2D eigenvalue weighted by atomic mass is 10.5. The Bertz CT molecular complexity index is 462. The van der Waals surface area contributed by atoms with Gasteiger partial charge in [0, 0.05) is 12.4 Å². The van der Waals surface area contributed by atoms with Crippen LogP contribution in [-0.4, -0.2) is 14.4 Å². The van der Waals surface area contributed by atoms with Crippen LogP contribution in [-0.2, 0) is 0 Å². The Morgan fingerprint density at radius 2 is 2.33 bits per heavy atom. The van der Waals surface area contributed by atoms with Crippen LogP contribution >= 0.6 is 0 Å². The van der Waals surface area contributed by atoms with Crippen molar-refractivity contribution in [2.45, 2.75) is 6.92 Å². The average Bonchev–Trinajstić information content (AvgIpc) is 2.46.